The first-order valence-corrected chi connectivity index (χ1v) is 13.4. The van der Waals surface area contributed by atoms with Crippen molar-refractivity contribution in [2.24, 2.45) is 0 Å². The van der Waals surface area contributed by atoms with E-state index in [1.165, 1.54) is 22.5 Å². The van der Waals surface area contributed by atoms with E-state index < -0.39 is 0 Å². The van der Waals surface area contributed by atoms with Crippen molar-refractivity contribution in [3.63, 3.8) is 0 Å². The minimum absolute atomic E-state index is 0.0226. The maximum Gasteiger partial charge on any atom is 0.274 e. The Hall–Kier alpha value is -1.98. The molecule has 0 aliphatic heterocycles. The Labute approximate surface area is 222 Å². The van der Waals surface area contributed by atoms with Gasteiger partial charge in [0, 0.05) is 0 Å². The van der Waals surface area contributed by atoms with Gasteiger partial charge >= 0.3 is 0 Å². The number of rotatable bonds is 4. The molecule has 166 valence electrons. The predicted molar refractivity (Wildman–Crippen MR) is 152 cm³/mol. The number of thiazole rings is 1. The molecule has 0 saturated carbocycles. The van der Waals surface area contributed by atoms with Crippen LogP contribution >= 0.6 is 56.5 Å². The highest BCUT2D eigenvalue weighted by Gasteiger charge is 2.13. The van der Waals surface area contributed by atoms with Gasteiger partial charge in [0.1, 0.15) is 12.4 Å². The molecule has 0 aliphatic carbocycles. The number of aromatic nitrogens is 2. The van der Waals surface area contributed by atoms with Crippen LogP contribution in [0.25, 0.3) is 22.1 Å². The molecule has 7 heteroatoms. The molecule has 0 amide bonds. The molecule has 3 aromatic carbocycles. The number of halogens is 2. The molecule has 0 spiro atoms. The number of hydrogen-bond acceptors (Lipinski definition) is 4. The highest BCUT2D eigenvalue weighted by molar-refractivity contribution is 14.1. The molecule has 2 aromatic heterocycles. The second-order valence-corrected chi connectivity index (χ2v) is 11.5. The summed E-state index contributed by atoms with van der Waals surface area (Å²) < 4.78 is 10.6. The number of aryl methyl sites for hydroxylation is 3. The van der Waals surface area contributed by atoms with Gasteiger partial charge in [0.15, 0.2) is 4.96 Å². The first kappa shape index (κ1) is 22.8. The predicted octanol–water partition coefficient (Wildman–Crippen LogP) is 6.17. The zero-order valence-electron chi connectivity index (χ0n) is 18.3. The molecule has 4 nitrogen and oxygen atoms in total. The van der Waals surface area contributed by atoms with Crippen LogP contribution < -0.4 is 14.8 Å². The Bertz CT molecular complexity index is 1630. The van der Waals surface area contributed by atoms with Crippen LogP contribution in [0.5, 0.6) is 5.75 Å². The fraction of sp³-hybridized carbons (Fsp3) is 0.154. The van der Waals surface area contributed by atoms with E-state index >= 15 is 0 Å². The number of benzene rings is 3. The van der Waals surface area contributed by atoms with Gasteiger partial charge in [-0.25, -0.2) is 9.38 Å². The van der Waals surface area contributed by atoms with Gasteiger partial charge in [-0.3, -0.25) is 4.79 Å². The standard InChI is InChI=1S/C26H20I2N2O2S/c1-14-5-4-6-17(7-14)13-32-24-19(27)10-18(11-20(24)28)12-23-25(31)30-22-9-16(3)15(2)8-21(22)29-26(30)33-23/h4-12H,13H2,1-3H3/b23-12-. The van der Waals surface area contributed by atoms with Crippen LogP contribution in [0.4, 0.5) is 0 Å². The Kier molecular flexibility index (Phi) is 6.21. The van der Waals surface area contributed by atoms with E-state index in [0.717, 1.165) is 45.6 Å². The molecule has 5 rings (SSSR count). The Morgan fingerprint density at radius 2 is 1.76 bits per heavy atom. The molecule has 0 atom stereocenters. The number of hydrogen-bond donors (Lipinski definition) is 0. The number of fused-ring (bicyclic) bond motifs is 3. The lowest BCUT2D eigenvalue weighted by Gasteiger charge is -2.12. The van der Waals surface area contributed by atoms with Crippen molar-refractivity contribution in [3.05, 3.63) is 98.4 Å². The van der Waals surface area contributed by atoms with Crippen LogP contribution in [-0.4, -0.2) is 9.38 Å². The van der Waals surface area contributed by atoms with Crippen molar-refractivity contribution in [3.8, 4) is 5.75 Å². The molecule has 2 heterocycles. The monoisotopic (exact) mass is 678 g/mol. The van der Waals surface area contributed by atoms with Crippen LogP contribution in [0.3, 0.4) is 0 Å². The average Bonchev–Trinajstić information content (AvgIpc) is 3.24. The minimum atomic E-state index is -0.0226. The van der Waals surface area contributed by atoms with Crippen LogP contribution in [0.1, 0.15) is 27.8 Å². The third kappa shape index (κ3) is 4.42. The maximum absolute atomic E-state index is 13.2. The van der Waals surface area contributed by atoms with Crippen molar-refractivity contribution in [1.82, 2.24) is 9.38 Å². The highest BCUT2D eigenvalue weighted by Crippen LogP contribution is 2.30. The Balaban J connectivity index is 1.51. The van der Waals surface area contributed by atoms with Crippen molar-refractivity contribution >= 4 is 78.6 Å². The second-order valence-electron chi connectivity index (χ2n) is 8.16. The van der Waals surface area contributed by atoms with E-state index in [1.54, 1.807) is 4.40 Å². The van der Waals surface area contributed by atoms with Gasteiger partial charge < -0.3 is 4.74 Å². The molecule has 5 aromatic rings. The van der Waals surface area contributed by atoms with E-state index in [0.29, 0.717) is 11.1 Å². The fourth-order valence-electron chi connectivity index (χ4n) is 3.83. The van der Waals surface area contributed by atoms with Crippen molar-refractivity contribution in [2.75, 3.05) is 0 Å². The average molecular weight is 678 g/mol. The van der Waals surface area contributed by atoms with Gasteiger partial charge in [-0.2, -0.15) is 0 Å². The lowest BCUT2D eigenvalue weighted by atomic mass is 10.1. The first-order valence-electron chi connectivity index (χ1n) is 10.4. The molecule has 0 unspecified atom stereocenters. The third-order valence-corrected chi connectivity index (χ3v) is 8.21. The SMILES string of the molecule is Cc1cccc(COc2c(I)cc(/C=c3\sc4nc5cc(C)c(C)cc5n4c3=O)cc2I)c1. The summed E-state index contributed by atoms with van der Waals surface area (Å²) in [7, 11) is 0. The van der Waals surface area contributed by atoms with E-state index in [1.807, 2.05) is 18.2 Å². The summed E-state index contributed by atoms with van der Waals surface area (Å²) in [6.45, 7) is 6.73. The van der Waals surface area contributed by atoms with Crippen molar-refractivity contribution in [1.29, 1.82) is 0 Å². The topological polar surface area (TPSA) is 43.6 Å². The molecule has 33 heavy (non-hydrogen) atoms. The van der Waals surface area contributed by atoms with Gasteiger partial charge in [0.05, 0.1) is 22.7 Å². The molecule has 0 saturated heterocycles. The highest BCUT2D eigenvalue weighted by atomic mass is 127. The quantitative estimate of drug-likeness (QED) is 0.214. The van der Waals surface area contributed by atoms with Crippen LogP contribution in [0.2, 0.25) is 0 Å². The second kappa shape index (κ2) is 8.99. The fourth-order valence-corrected chi connectivity index (χ4v) is 6.94. The Morgan fingerprint density at radius 3 is 2.48 bits per heavy atom. The van der Waals surface area contributed by atoms with Crippen molar-refractivity contribution in [2.45, 2.75) is 27.4 Å². The molecule has 0 N–H and O–H groups in total. The summed E-state index contributed by atoms with van der Waals surface area (Å²) in [6.07, 6.45) is 1.95. The number of ether oxygens (including phenoxy) is 1. The molecule has 0 radical (unpaired) electrons. The Morgan fingerprint density at radius 1 is 1.03 bits per heavy atom. The first-order chi connectivity index (χ1) is 15.8. The molecule has 0 bridgehead atoms. The van der Waals surface area contributed by atoms with E-state index in [4.69, 9.17) is 4.74 Å². The van der Waals surface area contributed by atoms with Gasteiger partial charge in [-0.05, 0) is 119 Å². The number of imidazole rings is 1. The normalized spacial score (nSPS) is 12.2. The molecular weight excluding hydrogens is 658 g/mol. The van der Waals surface area contributed by atoms with Gasteiger partial charge in [-0.1, -0.05) is 41.2 Å². The molecule has 0 aliphatic rings. The van der Waals surface area contributed by atoms with Crippen molar-refractivity contribution < 1.29 is 4.74 Å². The summed E-state index contributed by atoms with van der Waals surface area (Å²) in [5.41, 5.74) is 7.40. The zero-order chi connectivity index (χ0) is 23.3. The number of nitrogens with zero attached hydrogens (tertiary/aromatic N) is 2. The zero-order valence-corrected chi connectivity index (χ0v) is 23.4. The lowest BCUT2D eigenvalue weighted by Crippen LogP contribution is -2.22. The van der Waals surface area contributed by atoms with Crippen LogP contribution in [0, 0.1) is 27.9 Å². The summed E-state index contributed by atoms with van der Waals surface area (Å²) in [5.74, 6) is 0.870. The summed E-state index contributed by atoms with van der Waals surface area (Å²) >= 11 is 6.03. The molecule has 0 fully saturated rings. The van der Waals surface area contributed by atoms with Crippen LogP contribution in [-0.2, 0) is 6.61 Å². The maximum atomic E-state index is 13.2. The lowest BCUT2D eigenvalue weighted by molar-refractivity contribution is 0.301. The largest absolute Gasteiger partial charge is 0.487 e. The molecular formula is C26H20I2N2O2S. The summed E-state index contributed by atoms with van der Waals surface area (Å²) in [6, 6.07) is 16.6. The van der Waals surface area contributed by atoms with E-state index in [-0.39, 0.29) is 5.56 Å². The third-order valence-electron chi connectivity index (χ3n) is 5.64. The van der Waals surface area contributed by atoms with Gasteiger partial charge in [0.25, 0.3) is 5.56 Å². The van der Waals surface area contributed by atoms with E-state index in [9.17, 15) is 4.79 Å². The van der Waals surface area contributed by atoms with Gasteiger partial charge in [-0.15, -0.1) is 0 Å². The minimum Gasteiger partial charge on any atom is -0.487 e. The van der Waals surface area contributed by atoms with Crippen LogP contribution in [0.15, 0.2) is 53.3 Å². The van der Waals surface area contributed by atoms with Gasteiger partial charge in [0.2, 0.25) is 0 Å². The van der Waals surface area contributed by atoms with E-state index in [2.05, 4.69) is 107 Å². The summed E-state index contributed by atoms with van der Waals surface area (Å²) in [5, 5.41) is 0. The summed E-state index contributed by atoms with van der Waals surface area (Å²) in [4.78, 5) is 18.6. The smallest absolute Gasteiger partial charge is 0.274 e.